The number of rotatable bonds is 2. The van der Waals surface area contributed by atoms with Crippen molar-refractivity contribution in [2.75, 3.05) is 6.61 Å². The minimum Gasteiger partial charge on any atom is -0.393 e. The molecule has 2 atom stereocenters. The minimum atomic E-state index is -0.273. The average Bonchev–Trinajstić information content (AvgIpc) is 2.42. The second kappa shape index (κ2) is 1.96. The van der Waals surface area contributed by atoms with Gasteiger partial charge in [0.05, 0.1) is 18.8 Å². The predicted octanol–water partition coefficient (Wildman–Crippen LogP) is 0.792. The fourth-order valence-electron chi connectivity index (χ4n) is 0.747. The van der Waals surface area contributed by atoms with Crippen molar-refractivity contribution in [2.45, 2.75) is 33.0 Å². The number of hydrogen-bond acceptors (Lipinski definition) is 2. The molecular formula is C7H14O2. The molecule has 1 N–H and O–H groups in total. The van der Waals surface area contributed by atoms with Crippen molar-refractivity contribution in [1.82, 2.24) is 0 Å². The summed E-state index contributed by atoms with van der Waals surface area (Å²) < 4.78 is 5.07. The van der Waals surface area contributed by atoms with Gasteiger partial charge in [-0.3, -0.25) is 0 Å². The van der Waals surface area contributed by atoms with E-state index in [0.717, 1.165) is 6.61 Å². The zero-order valence-electron chi connectivity index (χ0n) is 6.22. The van der Waals surface area contributed by atoms with Crippen molar-refractivity contribution in [3.8, 4) is 0 Å². The highest BCUT2D eigenvalue weighted by atomic mass is 16.6. The van der Waals surface area contributed by atoms with Crippen molar-refractivity contribution >= 4 is 0 Å². The second-order valence-corrected chi connectivity index (χ2v) is 3.32. The van der Waals surface area contributed by atoms with E-state index < -0.39 is 0 Å². The van der Waals surface area contributed by atoms with Crippen LogP contribution in [0.2, 0.25) is 0 Å². The Morgan fingerprint density at radius 1 is 1.67 bits per heavy atom. The molecule has 1 rings (SSSR count). The summed E-state index contributed by atoms with van der Waals surface area (Å²) in [6.07, 6.45) is 0.0162. The fourth-order valence-corrected chi connectivity index (χ4v) is 0.747. The van der Waals surface area contributed by atoms with Gasteiger partial charge >= 0.3 is 0 Å². The lowest BCUT2D eigenvalue weighted by atomic mass is 9.84. The van der Waals surface area contributed by atoms with E-state index >= 15 is 0 Å². The van der Waals surface area contributed by atoms with Crippen molar-refractivity contribution in [3.63, 3.8) is 0 Å². The summed E-state index contributed by atoms with van der Waals surface area (Å²) >= 11 is 0. The number of epoxide rings is 1. The van der Waals surface area contributed by atoms with Gasteiger partial charge < -0.3 is 9.84 Å². The Bertz CT molecular complexity index is 99.5. The van der Waals surface area contributed by atoms with E-state index in [9.17, 15) is 5.11 Å². The predicted molar refractivity (Wildman–Crippen MR) is 35.2 cm³/mol. The molecule has 1 aliphatic rings. The van der Waals surface area contributed by atoms with Gasteiger partial charge in [0.15, 0.2) is 0 Å². The molecule has 2 nitrogen and oxygen atoms in total. The molecule has 0 aromatic rings. The summed E-state index contributed by atoms with van der Waals surface area (Å²) in [7, 11) is 0. The molecule has 54 valence electrons. The molecule has 0 aromatic heterocycles. The molecule has 1 saturated heterocycles. The van der Waals surface area contributed by atoms with E-state index in [2.05, 4.69) is 0 Å². The lowest BCUT2D eigenvalue weighted by Gasteiger charge is -2.25. The van der Waals surface area contributed by atoms with Crippen LogP contribution in [0.15, 0.2) is 0 Å². The third-order valence-electron chi connectivity index (χ3n) is 2.24. The highest BCUT2D eigenvalue weighted by Crippen LogP contribution is 2.34. The molecule has 9 heavy (non-hydrogen) atoms. The first-order chi connectivity index (χ1) is 4.05. The zero-order chi connectivity index (χ0) is 7.07. The SMILES string of the molecule is CC(O)C(C)(C)C1CO1. The summed E-state index contributed by atoms with van der Waals surface area (Å²) in [6.45, 7) is 6.67. The third kappa shape index (κ3) is 1.25. The molecule has 0 bridgehead atoms. The first kappa shape index (κ1) is 7.03. The van der Waals surface area contributed by atoms with E-state index in [1.54, 1.807) is 0 Å². The Hall–Kier alpha value is -0.0800. The Morgan fingerprint density at radius 3 is 2.22 bits per heavy atom. The summed E-state index contributed by atoms with van der Waals surface area (Å²) in [6, 6.07) is 0. The monoisotopic (exact) mass is 130 g/mol. The van der Waals surface area contributed by atoms with Gasteiger partial charge in [-0.25, -0.2) is 0 Å². The molecule has 0 aliphatic carbocycles. The van der Waals surface area contributed by atoms with Crippen LogP contribution in [0.25, 0.3) is 0 Å². The van der Waals surface area contributed by atoms with Gasteiger partial charge in [-0.1, -0.05) is 13.8 Å². The van der Waals surface area contributed by atoms with Crippen molar-refractivity contribution in [2.24, 2.45) is 5.41 Å². The van der Waals surface area contributed by atoms with E-state index in [1.165, 1.54) is 0 Å². The molecule has 0 saturated carbocycles. The molecular weight excluding hydrogens is 116 g/mol. The van der Waals surface area contributed by atoms with E-state index in [1.807, 2.05) is 20.8 Å². The molecule has 1 fully saturated rings. The van der Waals surface area contributed by atoms with Crippen LogP contribution in [-0.4, -0.2) is 23.9 Å². The number of hydrogen-bond donors (Lipinski definition) is 1. The Kier molecular flexibility index (Phi) is 1.53. The maximum Gasteiger partial charge on any atom is 0.0885 e. The van der Waals surface area contributed by atoms with Crippen LogP contribution in [0.3, 0.4) is 0 Å². The average molecular weight is 130 g/mol. The van der Waals surface area contributed by atoms with Gasteiger partial charge in [-0.05, 0) is 6.92 Å². The van der Waals surface area contributed by atoms with Gasteiger partial charge in [-0.15, -0.1) is 0 Å². The summed E-state index contributed by atoms with van der Waals surface area (Å²) in [5, 5.41) is 9.21. The lowest BCUT2D eigenvalue weighted by Crippen LogP contribution is -2.31. The van der Waals surface area contributed by atoms with Crippen molar-refractivity contribution in [3.05, 3.63) is 0 Å². The van der Waals surface area contributed by atoms with Crippen LogP contribution in [-0.2, 0) is 4.74 Å². The number of aliphatic hydroxyl groups is 1. The Labute approximate surface area is 55.8 Å². The maximum atomic E-state index is 9.21. The molecule has 0 amide bonds. The van der Waals surface area contributed by atoms with Crippen LogP contribution >= 0.6 is 0 Å². The summed E-state index contributed by atoms with van der Waals surface area (Å²) in [5.74, 6) is 0. The van der Waals surface area contributed by atoms with Crippen LogP contribution in [0.5, 0.6) is 0 Å². The zero-order valence-corrected chi connectivity index (χ0v) is 6.22. The number of aliphatic hydroxyl groups excluding tert-OH is 1. The normalized spacial score (nSPS) is 30.0. The first-order valence-corrected chi connectivity index (χ1v) is 3.35. The third-order valence-corrected chi connectivity index (χ3v) is 2.24. The molecule has 1 heterocycles. The van der Waals surface area contributed by atoms with E-state index in [0.29, 0.717) is 0 Å². The van der Waals surface area contributed by atoms with E-state index in [4.69, 9.17) is 4.74 Å². The van der Waals surface area contributed by atoms with Gasteiger partial charge in [0.25, 0.3) is 0 Å². The van der Waals surface area contributed by atoms with Crippen LogP contribution in [0.1, 0.15) is 20.8 Å². The smallest absolute Gasteiger partial charge is 0.0885 e. The summed E-state index contributed by atoms with van der Waals surface area (Å²) in [4.78, 5) is 0. The van der Waals surface area contributed by atoms with Crippen molar-refractivity contribution < 1.29 is 9.84 Å². The summed E-state index contributed by atoms with van der Waals surface area (Å²) in [5.41, 5.74) is -0.0556. The molecule has 0 spiro atoms. The minimum absolute atomic E-state index is 0.0556. The van der Waals surface area contributed by atoms with Crippen LogP contribution < -0.4 is 0 Å². The van der Waals surface area contributed by atoms with Crippen LogP contribution in [0, 0.1) is 5.41 Å². The Morgan fingerprint density at radius 2 is 2.11 bits per heavy atom. The largest absolute Gasteiger partial charge is 0.393 e. The molecule has 0 radical (unpaired) electrons. The van der Waals surface area contributed by atoms with Gasteiger partial charge in [0, 0.05) is 5.41 Å². The van der Waals surface area contributed by atoms with Gasteiger partial charge in [0.1, 0.15) is 0 Å². The quantitative estimate of drug-likeness (QED) is 0.560. The highest BCUT2D eigenvalue weighted by Gasteiger charge is 2.42. The molecule has 2 heteroatoms. The first-order valence-electron chi connectivity index (χ1n) is 3.35. The second-order valence-electron chi connectivity index (χ2n) is 3.32. The van der Waals surface area contributed by atoms with Gasteiger partial charge in [-0.2, -0.15) is 0 Å². The number of ether oxygens (including phenoxy) is 1. The van der Waals surface area contributed by atoms with Gasteiger partial charge in [0.2, 0.25) is 0 Å². The fraction of sp³-hybridized carbons (Fsp3) is 1.00. The maximum absolute atomic E-state index is 9.21. The van der Waals surface area contributed by atoms with Crippen molar-refractivity contribution in [1.29, 1.82) is 0 Å². The highest BCUT2D eigenvalue weighted by molar-refractivity contribution is 4.90. The van der Waals surface area contributed by atoms with Crippen LogP contribution in [0.4, 0.5) is 0 Å². The molecule has 2 unspecified atom stereocenters. The lowest BCUT2D eigenvalue weighted by molar-refractivity contribution is 0.0438. The molecule has 0 aromatic carbocycles. The Balaban J connectivity index is 2.48. The molecule has 1 aliphatic heterocycles. The topological polar surface area (TPSA) is 32.8 Å². The van der Waals surface area contributed by atoms with E-state index in [-0.39, 0.29) is 17.6 Å². The standard InChI is InChI=1S/C7H14O2/c1-5(8)7(2,3)6-4-9-6/h5-6,8H,4H2,1-3H3.